The molecule has 4 aromatic rings. The molecule has 0 aliphatic rings. The molecule has 0 saturated carbocycles. The first kappa shape index (κ1) is 28.3. The predicted molar refractivity (Wildman–Crippen MR) is 154 cm³/mol. The number of carbonyl (C=O) groups is 3. The molecule has 2 N–H and O–H groups in total. The van der Waals surface area contributed by atoms with Gasteiger partial charge in [-0.05, 0) is 67.4 Å². The van der Waals surface area contributed by atoms with Crippen molar-refractivity contribution in [3.63, 3.8) is 0 Å². The van der Waals surface area contributed by atoms with Crippen molar-refractivity contribution in [2.75, 3.05) is 12.4 Å². The highest BCUT2D eigenvalue weighted by molar-refractivity contribution is 6.31. The zero-order valence-electron chi connectivity index (χ0n) is 22.1. The number of amides is 1. The number of carboxylic acids is 1. The van der Waals surface area contributed by atoms with Crippen molar-refractivity contribution in [2.45, 2.75) is 26.3 Å². The van der Waals surface area contributed by atoms with Crippen molar-refractivity contribution >= 4 is 34.9 Å². The molecule has 0 bridgehead atoms. The molecular weight excluding hydrogens is 532 g/mol. The molecule has 1 amide bonds. The van der Waals surface area contributed by atoms with Crippen molar-refractivity contribution in [1.82, 2.24) is 4.57 Å². The first-order valence-electron chi connectivity index (χ1n) is 12.4. The van der Waals surface area contributed by atoms with Crippen LogP contribution in [0.5, 0.6) is 5.75 Å². The molecule has 1 unspecified atom stereocenters. The number of carbonyl (C=O) groups excluding carboxylic acids is 2. The van der Waals surface area contributed by atoms with Crippen molar-refractivity contribution in [3.8, 4) is 16.9 Å². The van der Waals surface area contributed by atoms with Gasteiger partial charge in [-0.1, -0.05) is 41.4 Å². The van der Waals surface area contributed by atoms with Gasteiger partial charge in [0.25, 0.3) is 5.56 Å². The number of nitrogens with one attached hydrogen (secondary N) is 1. The Labute approximate surface area is 235 Å². The van der Waals surface area contributed by atoms with Gasteiger partial charge in [-0.15, -0.1) is 0 Å². The van der Waals surface area contributed by atoms with Crippen LogP contribution in [0.25, 0.3) is 11.1 Å². The number of Topliss-reactive ketones (excluding diaryl/α,β-unsaturated/α-hetero) is 1. The lowest BCUT2D eigenvalue weighted by atomic mass is 9.97. The van der Waals surface area contributed by atoms with Crippen molar-refractivity contribution in [1.29, 1.82) is 0 Å². The van der Waals surface area contributed by atoms with E-state index in [0.29, 0.717) is 27.4 Å². The largest absolute Gasteiger partial charge is 0.495 e. The van der Waals surface area contributed by atoms with Gasteiger partial charge in [0.1, 0.15) is 11.8 Å². The molecule has 0 spiro atoms. The van der Waals surface area contributed by atoms with E-state index in [1.165, 1.54) is 55.1 Å². The van der Waals surface area contributed by atoms with E-state index in [1.54, 1.807) is 18.2 Å². The van der Waals surface area contributed by atoms with Crippen LogP contribution in [-0.2, 0) is 11.2 Å². The topological polar surface area (TPSA) is 115 Å². The smallest absolute Gasteiger partial charge is 0.335 e. The molecule has 0 radical (unpaired) electrons. The number of carboxylic acid groups (broad SMARTS) is 1. The number of ketones is 1. The van der Waals surface area contributed by atoms with E-state index in [-0.39, 0.29) is 23.5 Å². The van der Waals surface area contributed by atoms with Crippen LogP contribution in [0, 0.1) is 6.92 Å². The number of pyridine rings is 1. The summed E-state index contributed by atoms with van der Waals surface area (Å²) in [5, 5.41) is 12.3. The Bertz CT molecular complexity index is 1660. The number of benzene rings is 3. The minimum Gasteiger partial charge on any atom is -0.495 e. The summed E-state index contributed by atoms with van der Waals surface area (Å²) >= 11 is 6.22. The van der Waals surface area contributed by atoms with Crippen LogP contribution in [0.15, 0.2) is 83.8 Å². The Morgan fingerprint density at radius 1 is 1.00 bits per heavy atom. The van der Waals surface area contributed by atoms with E-state index in [2.05, 4.69) is 5.32 Å². The number of hydrogen-bond donors (Lipinski definition) is 2. The molecule has 1 aromatic heterocycles. The molecule has 4 rings (SSSR count). The van der Waals surface area contributed by atoms with E-state index >= 15 is 0 Å². The van der Waals surface area contributed by atoms with E-state index in [9.17, 15) is 19.2 Å². The zero-order valence-corrected chi connectivity index (χ0v) is 22.9. The number of halogens is 1. The normalized spacial score (nSPS) is 11.5. The molecule has 0 fully saturated rings. The van der Waals surface area contributed by atoms with Gasteiger partial charge in [0, 0.05) is 34.3 Å². The molecule has 8 nitrogen and oxygen atoms in total. The maximum absolute atomic E-state index is 13.6. The number of hydrogen-bond acceptors (Lipinski definition) is 5. The second-order valence-corrected chi connectivity index (χ2v) is 9.76. The fourth-order valence-corrected chi connectivity index (χ4v) is 4.67. The number of ether oxygens (including phenoxy) is 1. The lowest BCUT2D eigenvalue weighted by Crippen LogP contribution is -2.34. The van der Waals surface area contributed by atoms with Crippen LogP contribution >= 0.6 is 11.6 Å². The van der Waals surface area contributed by atoms with Crippen LogP contribution < -0.4 is 15.6 Å². The first-order chi connectivity index (χ1) is 19.1. The maximum atomic E-state index is 13.6. The number of methoxy groups -OCH3 is 1. The summed E-state index contributed by atoms with van der Waals surface area (Å²) in [7, 11) is 1.44. The third kappa shape index (κ3) is 6.30. The number of rotatable bonds is 9. The van der Waals surface area contributed by atoms with Crippen LogP contribution in [0.3, 0.4) is 0 Å². The van der Waals surface area contributed by atoms with Crippen LogP contribution in [0.2, 0.25) is 5.02 Å². The lowest BCUT2D eigenvalue weighted by Gasteiger charge is -2.22. The van der Waals surface area contributed by atoms with Gasteiger partial charge in [0.15, 0.2) is 5.78 Å². The first-order valence-corrected chi connectivity index (χ1v) is 12.8. The summed E-state index contributed by atoms with van der Waals surface area (Å²) in [5.41, 5.74) is 3.00. The number of anilines is 1. The summed E-state index contributed by atoms with van der Waals surface area (Å²) in [5.74, 6) is -1.49. The molecule has 1 heterocycles. The van der Waals surface area contributed by atoms with Crippen molar-refractivity contribution in [3.05, 3.63) is 117 Å². The standard InChI is InChI=1S/C31H27ClN2O6/c1-18-5-4-6-20(13-18)14-27(30(37)33-23-10-7-21(8-11-23)31(38)39)34-17-28(40-3)26(16-29(34)36)25-15-22(32)9-12-24(25)19(2)35/h4-13,15-17,27H,14H2,1-3H3,(H,33,37)(H,38,39). The fraction of sp³-hybridized carbons (Fsp3) is 0.161. The van der Waals surface area contributed by atoms with Gasteiger partial charge < -0.3 is 15.2 Å². The summed E-state index contributed by atoms with van der Waals surface area (Å²) < 4.78 is 6.92. The number of nitrogens with zero attached hydrogens (tertiary/aromatic N) is 1. The highest BCUT2D eigenvalue weighted by Gasteiger charge is 2.25. The van der Waals surface area contributed by atoms with Gasteiger partial charge in [-0.3, -0.25) is 19.0 Å². The molecule has 9 heteroatoms. The predicted octanol–water partition coefficient (Wildman–Crippen LogP) is 5.81. The summed E-state index contributed by atoms with van der Waals surface area (Å²) in [4.78, 5) is 50.7. The van der Waals surface area contributed by atoms with Gasteiger partial charge in [0.05, 0.1) is 18.9 Å². The zero-order chi connectivity index (χ0) is 29.0. The van der Waals surface area contributed by atoms with Crippen LogP contribution in [0.1, 0.15) is 44.8 Å². The Morgan fingerprint density at radius 2 is 1.73 bits per heavy atom. The Kier molecular flexibility index (Phi) is 8.50. The quantitative estimate of drug-likeness (QED) is 0.251. The van der Waals surface area contributed by atoms with E-state index < -0.39 is 23.5 Å². The summed E-state index contributed by atoms with van der Waals surface area (Å²) in [6.45, 7) is 3.36. The maximum Gasteiger partial charge on any atom is 0.335 e. The van der Waals surface area contributed by atoms with Crippen molar-refractivity contribution < 1.29 is 24.2 Å². The number of aromatic carboxylic acids is 1. The third-order valence-electron chi connectivity index (χ3n) is 6.46. The van der Waals surface area contributed by atoms with Gasteiger partial charge in [-0.2, -0.15) is 0 Å². The van der Waals surface area contributed by atoms with Crippen LogP contribution in [-0.4, -0.2) is 34.4 Å². The molecule has 0 saturated heterocycles. The van der Waals surface area contributed by atoms with E-state index in [0.717, 1.165) is 11.1 Å². The number of aryl methyl sites for hydroxylation is 1. The minimum absolute atomic E-state index is 0.0804. The molecule has 0 aliphatic carbocycles. The second-order valence-electron chi connectivity index (χ2n) is 9.33. The van der Waals surface area contributed by atoms with Gasteiger partial charge >= 0.3 is 5.97 Å². The molecule has 40 heavy (non-hydrogen) atoms. The van der Waals surface area contributed by atoms with Crippen LogP contribution in [0.4, 0.5) is 5.69 Å². The monoisotopic (exact) mass is 558 g/mol. The van der Waals surface area contributed by atoms with Crippen molar-refractivity contribution in [2.24, 2.45) is 0 Å². The third-order valence-corrected chi connectivity index (χ3v) is 6.70. The molecule has 204 valence electrons. The summed E-state index contributed by atoms with van der Waals surface area (Å²) in [6, 6.07) is 18.5. The fourth-order valence-electron chi connectivity index (χ4n) is 4.49. The molecular formula is C31H27ClN2O6. The minimum atomic E-state index is -1.08. The Morgan fingerprint density at radius 3 is 2.35 bits per heavy atom. The average Bonchev–Trinajstić information content (AvgIpc) is 2.92. The lowest BCUT2D eigenvalue weighted by molar-refractivity contribution is -0.119. The van der Waals surface area contributed by atoms with E-state index in [1.807, 2.05) is 31.2 Å². The summed E-state index contributed by atoms with van der Waals surface area (Å²) in [6.07, 6.45) is 1.65. The number of aromatic nitrogens is 1. The Hall–Kier alpha value is -4.69. The second kappa shape index (κ2) is 12.0. The molecule has 0 aliphatic heterocycles. The highest BCUT2D eigenvalue weighted by atomic mass is 35.5. The SMILES string of the molecule is COc1cn(C(Cc2cccc(C)c2)C(=O)Nc2ccc(C(=O)O)cc2)c(=O)cc1-c1cc(Cl)ccc1C(C)=O. The Balaban J connectivity index is 1.80. The average molecular weight is 559 g/mol. The molecule has 3 aromatic carbocycles. The van der Waals surface area contributed by atoms with Gasteiger partial charge in [0.2, 0.25) is 5.91 Å². The van der Waals surface area contributed by atoms with Gasteiger partial charge in [-0.25, -0.2) is 4.79 Å². The van der Waals surface area contributed by atoms with E-state index in [4.69, 9.17) is 21.4 Å². The highest BCUT2D eigenvalue weighted by Crippen LogP contribution is 2.34. The molecule has 1 atom stereocenters.